The van der Waals surface area contributed by atoms with Gasteiger partial charge in [-0.1, -0.05) is 62.6 Å². The van der Waals surface area contributed by atoms with Gasteiger partial charge in [-0.05, 0) is 69.9 Å². The Morgan fingerprint density at radius 3 is 2.41 bits per heavy atom. The Kier molecular flexibility index (Phi) is 11.3. The number of aromatic nitrogens is 2. The molecule has 2 aromatic rings. The summed E-state index contributed by atoms with van der Waals surface area (Å²) in [4.78, 5) is 9.24. The summed E-state index contributed by atoms with van der Waals surface area (Å²) in [5.41, 5.74) is 3.58. The van der Waals surface area contributed by atoms with E-state index in [0.29, 0.717) is 0 Å². The molecule has 0 saturated heterocycles. The molecular weight excluding hydrogens is 356 g/mol. The quantitative estimate of drug-likeness (QED) is 0.286. The van der Waals surface area contributed by atoms with Crippen molar-refractivity contribution in [3.8, 4) is 11.4 Å². The highest BCUT2D eigenvalue weighted by Crippen LogP contribution is 2.18. The molecule has 0 spiro atoms. The fraction of sp³-hybridized carbons (Fsp3) is 0.538. The van der Waals surface area contributed by atoms with Gasteiger partial charge in [-0.3, -0.25) is 0 Å². The third-order valence-electron chi connectivity index (χ3n) is 5.19. The predicted octanol–water partition coefficient (Wildman–Crippen LogP) is 6.70. The molecule has 0 amide bonds. The molecule has 1 aromatic heterocycles. The highest BCUT2D eigenvalue weighted by atomic mass is 16.3. The Hall–Kier alpha value is -2.00. The van der Waals surface area contributed by atoms with E-state index in [1.807, 2.05) is 19.2 Å². The first-order valence-electron chi connectivity index (χ1n) is 11.4. The molecule has 3 heteroatoms. The molecular formula is C26H38N2O. The van der Waals surface area contributed by atoms with E-state index in [-0.39, 0.29) is 6.10 Å². The van der Waals surface area contributed by atoms with Gasteiger partial charge in [-0.25, -0.2) is 9.97 Å². The van der Waals surface area contributed by atoms with Crippen molar-refractivity contribution in [2.24, 2.45) is 0 Å². The van der Waals surface area contributed by atoms with Crippen LogP contribution in [0.15, 0.2) is 48.7 Å². The molecule has 1 aromatic carbocycles. The average Bonchev–Trinajstić information content (AvgIpc) is 2.73. The molecule has 1 heterocycles. The van der Waals surface area contributed by atoms with Crippen molar-refractivity contribution < 1.29 is 5.11 Å². The zero-order chi connectivity index (χ0) is 20.7. The van der Waals surface area contributed by atoms with Crippen LogP contribution in [0.3, 0.4) is 0 Å². The SMILES string of the molecule is CCCC=CCCCCc1ccnc(-c2ccc(CCCCCC(C)O)cc2)n1. The number of aliphatic hydroxyl groups is 1. The molecule has 0 aliphatic rings. The second-order valence-corrected chi connectivity index (χ2v) is 8.02. The van der Waals surface area contributed by atoms with Crippen LogP contribution in [0.25, 0.3) is 11.4 Å². The number of aryl methyl sites for hydroxylation is 2. The predicted molar refractivity (Wildman–Crippen MR) is 123 cm³/mol. The van der Waals surface area contributed by atoms with Crippen LogP contribution in [0.5, 0.6) is 0 Å². The molecule has 0 radical (unpaired) electrons. The van der Waals surface area contributed by atoms with Crippen LogP contribution < -0.4 is 0 Å². The first-order valence-corrected chi connectivity index (χ1v) is 11.4. The normalized spacial score (nSPS) is 12.5. The molecule has 1 N–H and O–H groups in total. The number of hydrogen-bond acceptors (Lipinski definition) is 3. The summed E-state index contributed by atoms with van der Waals surface area (Å²) < 4.78 is 0. The van der Waals surface area contributed by atoms with Gasteiger partial charge in [0.05, 0.1) is 6.10 Å². The van der Waals surface area contributed by atoms with Crippen LogP contribution in [0.1, 0.15) is 82.9 Å². The number of allylic oxidation sites excluding steroid dienone is 2. The van der Waals surface area contributed by atoms with Crippen LogP contribution in [-0.2, 0) is 12.8 Å². The summed E-state index contributed by atoms with van der Waals surface area (Å²) in [6, 6.07) is 10.7. The monoisotopic (exact) mass is 394 g/mol. The van der Waals surface area contributed by atoms with Crippen molar-refractivity contribution in [3.63, 3.8) is 0 Å². The van der Waals surface area contributed by atoms with E-state index in [1.165, 1.54) is 50.5 Å². The van der Waals surface area contributed by atoms with Crippen molar-refractivity contribution in [2.75, 3.05) is 0 Å². The van der Waals surface area contributed by atoms with E-state index in [4.69, 9.17) is 4.98 Å². The van der Waals surface area contributed by atoms with Gasteiger partial charge in [0.2, 0.25) is 0 Å². The van der Waals surface area contributed by atoms with Gasteiger partial charge in [-0.2, -0.15) is 0 Å². The minimum absolute atomic E-state index is 0.173. The van der Waals surface area contributed by atoms with Crippen LogP contribution in [0.4, 0.5) is 0 Å². The Balaban J connectivity index is 1.77. The Bertz CT molecular complexity index is 707. The van der Waals surface area contributed by atoms with Gasteiger partial charge in [-0.15, -0.1) is 0 Å². The molecule has 0 saturated carbocycles. The number of nitrogens with zero attached hydrogens (tertiary/aromatic N) is 2. The number of rotatable bonds is 14. The summed E-state index contributed by atoms with van der Waals surface area (Å²) in [6.07, 6.45) is 18.7. The third kappa shape index (κ3) is 9.85. The average molecular weight is 395 g/mol. The van der Waals surface area contributed by atoms with E-state index >= 15 is 0 Å². The van der Waals surface area contributed by atoms with Crippen molar-refractivity contribution in [1.82, 2.24) is 9.97 Å². The molecule has 1 unspecified atom stereocenters. The van der Waals surface area contributed by atoms with Crippen molar-refractivity contribution in [2.45, 2.75) is 90.6 Å². The van der Waals surface area contributed by atoms with Gasteiger partial charge in [0.1, 0.15) is 0 Å². The summed E-state index contributed by atoms with van der Waals surface area (Å²) in [5.74, 6) is 0.828. The van der Waals surface area contributed by atoms with E-state index in [1.54, 1.807) is 0 Å². The Labute approximate surface area is 177 Å². The van der Waals surface area contributed by atoms with Crippen LogP contribution in [0.2, 0.25) is 0 Å². The zero-order valence-electron chi connectivity index (χ0n) is 18.3. The standard InChI is InChI=1S/C26H38N2O/c1-3-4-5-6-7-8-12-15-25-20-21-27-26(28-25)24-18-16-23(17-19-24)14-11-9-10-13-22(2)29/h5-6,16-22,29H,3-4,7-15H2,1-2H3. The molecule has 0 aliphatic carbocycles. The first-order chi connectivity index (χ1) is 14.2. The first kappa shape index (κ1) is 23.3. The van der Waals surface area contributed by atoms with Crippen LogP contribution >= 0.6 is 0 Å². The third-order valence-corrected chi connectivity index (χ3v) is 5.19. The smallest absolute Gasteiger partial charge is 0.159 e. The number of aliphatic hydroxyl groups excluding tert-OH is 1. The lowest BCUT2D eigenvalue weighted by atomic mass is 10.0. The maximum Gasteiger partial charge on any atom is 0.159 e. The van der Waals surface area contributed by atoms with Crippen LogP contribution in [-0.4, -0.2) is 21.2 Å². The number of hydrogen-bond donors (Lipinski definition) is 1. The van der Waals surface area contributed by atoms with Crippen molar-refractivity contribution >= 4 is 0 Å². The van der Waals surface area contributed by atoms with Gasteiger partial charge in [0.15, 0.2) is 5.82 Å². The second-order valence-electron chi connectivity index (χ2n) is 8.02. The van der Waals surface area contributed by atoms with Crippen LogP contribution in [0, 0.1) is 0 Å². The van der Waals surface area contributed by atoms with E-state index in [2.05, 4.69) is 48.3 Å². The molecule has 158 valence electrons. The molecule has 2 rings (SSSR count). The highest BCUT2D eigenvalue weighted by molar-refractivity contribution is 5.55. The van der Waals surface area contributed by atoms with Gasteiger partial charge >= 0.3 is 0 Å². The fourth-order valence-corrected chi connectivity index (χ4v) is 3.41. The largest absolute Gasteiger partial charge is 0.393 e. The second kappa shape index (κ2) is 14.1. The fourth-order valence-electron chi connectivity index (χ4n) is 3.41. The molecule has 29 heavy (non-hydrogen) atoms. The van der Waals surface area contributed by atoms with E-state index < -0.39 is 0 Å². The molecule has 0 fully saturated rings. The molecule has 1 atom stereocenters. The van der Waals surface area contributed by atoms with Gasteiger partial charge in [0, 0.05) is 17.5 Å². The summed E-state index contributed by atoms with van der Waals surface area (Å²) in [5, 5.41) is 9.31. The molecule has 0 aliphatic heterocycles. The maximum atomic E-state index is 9.31. The number of unbranched alkanes of at least 4 members (excludes halogenated alkanes) is 5. The topological polar surface area (TPSA) is 46.0 Å². The zero-order valence-corrected chi connectivity index (χ0v) is 18.3. The lowest BCUT2D eigenvalue weighted by Crippen LogP contribution is -1.98. The Morgan fingerprint density at radius 2 is 1.66 bits per heavy atom. The summed E-state index contributed by atoms with van der Waals surface area (Å²) >= 11 is 0. The van der Waals surface area contributed by atoms with Crippen molar-refractivity contribution in [3.05, 3.63) is 59.9 Å². The summed E-state index contributed by atoms with van der Waals surface area (Å²) in [7, 11) is 0. The van der Waals surface area contributed by atoms with Gasteiger partial charge < -0.3 is 5.11 Å². The van der Waals surface area contributed by atoms with Gasteiger partial charge in [0.25, 0.3) is 0 Å². The minimum atomic E-state index is -0.173. The lowest BCUT2D eigenvalue weighted by molar-refractivity contribution is 0.180. The number of benzene rings is 1. The van der Waals surface area contributed by atoms with Crippen molar-refractivity contribution in [1.29, 1.82) is 0 Å². The van der Waals surface area contributed by atoms with E-state index in [0.717, 1.165) is 42.8 Å². The van der Waals surface area contributed by atoms with E-state index in [9.17, 15) is 5.11 Å². The maximum absolute atomic E-state index is 9.31. The molecule has 0 bridgehead atoms. The summed E-state index contributed by atoms with van der Waals surface area (Å²) in [6.45, 7) is 4.08. The molecule has 3 nitrogen and oxygen atoms in total. The Morgan fingerprint density at radius 1 is 0.897 bits per heavy atom. The minimum Gasteiger partial charge on any atom is -0.393 e. The lowest BCUT2D eigenvalue weighted by Gasteiger charge is -2.06. The highest BCUT2D eigenvalue weighted by Gasteiger charge is 2.04.